The second kappa shape index (κ2) is 5.98. The van der Waals surface area contributed by atoms with Gasteiger partial charge in [0.1, 0.15) is 11.6 Å². The molecule has 0 spiro atoms. The van der Waals surface area contributed by atoms with Crippen molar-refractivity contribution in [2.75, 3.05) is 13.1 Å². The Morgan fingerprint density at radius 2 is 1.95 bits per heavy atom. The third-order valence-electron chi connectivity index (χ3n) is 3.44. The van der Waals surface area contributed by atoms with E-state index in [0.717, 1.165) is 6.07 Å². The number of likely N-dealkylation sites (tertiary alicyclic amines) is 1. The molecule has 1 N–H and O–H groups in total. The molecule has 1 amide bonds. The normalized spacial score (nSPS) is 19.2. The van der Waals surface area contributed by atoms with Crippen molar-refractivity contribution in [2.45, 2.75) is 19.3 Å². The fourth-order valence-corrected chi connectivity index (χ4v) is 2.35. The van der Waals surface area contributed by atoms with Gasteiger partial charge >= 0.3 is 5.97 Å². The smallest absolute Gasteiger partial charge is 0.308 e. The van der Waals surface area contributed by atoms with E-state index in [1.165, 1.54) is 17.0 Å². The van der Waals surface area contributed by atoms with Crippen LogP contribution >= 0.6 is 0 Å². The van der Waals surface area contributed by atoms with E-state index in [-0.39, 0.29) is 25.4 Å². The van der Waals surface area contributed by atoms with Crippen LogP contribution in [0.4, 0.5) is 8.78 Å². The van der Waals surface area contributed by atoms with E-state index in [4.69, 9.17) is 5.11 Å². The number of hydrogen-bond acceptors (Lipinski definition) is 2. The summed E-state index contributed by atoms with van der Waals surface area (Å²) in [6.07, 6.45) is 0.848. The lowest BCUT2D eigenvalue weighted by Crippen LogP contribution is -2.43. The lowest BCUT2D eigenvalue weighted by Gasteiger charge is -2.30. The van der Waals surface area contributed by atoms with E-state index < -0.39 is 23.5 Å². The minimum atomic E-state index is -0.917. The summed E-state index contributed by atoms with van der Waals surface area (Å²) >= 11 is 0. The second-order valence-corrected chi connectivity index (χ2v) is 4.94. The Morgan fingerprint density at radius 1 is 1.30 bits per heavy atom. The van der Waals surface area contributed by atoms with Gasteiger partial charge in [-0.3, -0.25) is 9.59 Å². The maximum atomic E-state index is 13.0. The molecule has 1 saturated heterocycles. The molecule has 1 aliphatic heterocycles. The van der Waals surface area contributed by atoms with Crippen LogP contribution in [0.2, 0.25) is 0 Å². The van der Waals surface area contributed by atoms with E-state index >= 15 is 0 Å². The van der Waals surface area contributed by atoms with Gasteiger partial charge in [0.15, 0.2) is 0 Å². The maximum absolute atomic E-state index is 13.0. The molecule has 1 unspecified atom stereocenters. The number of aliphatic carboxylic acids is 1. The SMILES string of the molecule is O=C(O)C1CCC(=O)N(CCc2cc(F)cc(F)c2)C1. The highest BCUT2D eigenvalue weighted by molar-refractivity contribution is 5.80. The first-order valence-electron chi connectivity index (χ1n) is 6.41. The summed E-state index contributed by atoms with van der Waals surface area (Å²) in [5.41, 5.74) is 0.452. The van der Waals surface area contributed by atoms with Crippen LogP contribution in [0.25, 0.3) is 0 Å². The molecular weight excluding hydrogens is 268 g/mol. The fraction of sp³-hybridized carbons (Fsp3) is 0.429. The molecule has 108 valence electrons. The average Bonchev–Trinajstić information content (AvgIpc) is 2.36. The molecule has 2 rings (SSSR count). The molecule has 20 heavy (non-hydrogen) atoms. The molecule has 6 heteroatoms. The van der Waals surface area contributed by atoms with Gasteiger partial charge in [-0.25, -0.2) is 8.78 Å². The van der Waals surface area contributed by atoms with Crippen LogP contribution < -0.4 is 0 Å². The number of hydrogen-bond donors (Lipinski definition) is 1. The summed E-state index contributed by atoms with van der Waals surface area (Å²) in [4.78, 5) is 24.1. The lowest BCUT2D eigenvalue weighted by molar-refractivity contribution is -0.147. The number of piperidine rings is 1. The van der Waals surface area contributed by atoms with Crippen LogP contribution in [0.15, 0.2) is 18.2 Å². The topological polar surface area (TPSA) is 57.6 Å². The zero-order valence-corrected chi connectivity index (χ0v) is 10.8. The molecule has 0 saturated carbocycles. The summed E-state index contributed by atoms with van der Waals surface area (Å²) in [6.45, 7) is 0.428. The largest absolute Gasteiger partial charge is 0.481 e. The van der Waals surface area contributed by atoms with Gasteiger partial charge in [0.25, 0.3) is 0 Å². The number of halogens is 2. The van der Waals surface area contributed by atoms with Crippen LogP contribution in [-0.4, -0.2) is 35.0 Å². The van der Waals surface area contributed by atoms with E-state index in [2.05, 4.69) is 0 Å². The number of carbonyl (C=O) groups excluding carboxylic acids is 1. The molecule has 1 aromatic carbocycles. The molecule has 0 aliphatic carbocycles. The Bertz CT molecular complexity index is 513. The number of nitrogens with zero attached hydrogens (tertiary/aromatic N) is 1. The Balaban J connectivity index is 1.98. The zero-order valence-electron chi connectivity index (χ0n) is 10.8. The molecule has 1 aliphatic rings. The van der Waals surface area contributed by atoms with Gasteiger partial charge in [0, 0.05) is 25.6 Å². The van der Waals surface area contributed by atoms with Gasteiger partial charge in [-0.1, -0.05) is 0 Å². The van der Waals surface area contributed by atoms with Gasteiger partial charge in [-0.05, 0) is 30.5 Å². The van der Waals surface area contributed by atoms with Gasteiger partial charge in [0.2, 0.25) is 5.91 Å². The number of rotatable bonds is 4. The summed E-state index contributed by atoms with van der Waals surface area (Å²) in [5.74, 6) is -2.91. The molecule has 1 aromatic rings. The number of carboxylic acids is 1. The highest BCUT2D eigenvalue weighted by Gasteiger charge is 2.29. The summed E-state index contributed by atoms with van der Waals surface area (Å²) in [5, 5.41) is 8.96. The highest BCUT2D eigenvalue weighted by atomic mass is 19.1. The molecule has 1 atom stereocenters. The maximum Gasteiger partial charge on any atom is 0.308 e. The van der Waals surface area contributed by atoms with Crippen LogP contribution in [0.1, 0.15) is 18.4 Å². The Morgan fingerprint density at radius 3 is 2.55 bits per heavy atom. The van der Waals surface area contributed by atoms with E-state index in [1.807, 2.05) is 0 Å². The second-order valence-electron chi connectivity index (χ2n) is 4.94. The first-order chi connectivity index (χ1) is 9.45. The van der Waals surface area contributed by atoms with Gasteiger partial charge in [0.05, 0.1) is 5.92 Å². The van der Waals surface area contributed by atoms with Crippen LogP contribution in [0, 0.1) is 17.6 Å². The number of benzene rings is 1. The predicted octanol–water partition coefficient (Wildman–Crippen LogP) is 1.83. The average molecular weight is 283 g/mol. The van der Waals surface area contributed by atoms with Gasteiger partial charge < -0.3 is 10.0 Å². The molecule has 0 aromatic heterocycles. The van der Waals surface area contributed by atoms with Gasteiger partial charge in [-0.2, -0.15) is 0 Å². The van der Waals surface area contributed by atoms with Crippen LogP contribution in [0.5, 0.6) is 0 Å². The van der Waals surface area contributed by atoms with Crippen molar-refractivity contribution in [2.24, 2.45) is 5.92 Å². The standard InChI is InChI=1S/C14H15F2NO3/c15-11-5-9(6-12(16)7-11)3-4-17-8-10(14(19)20)1-2-13(17)18/h5-7,10H,1-4,8H2,(H,19,20). The predicted molar refractivity (Wildman–Crippen MR) is 67.0 cm³/mol. The van der Waals surface area contributed by atoms with Crippen molar-refractivity contribution >= 4 is 11.9 Å². The monoisotopic (exact) mass is 283 g/mol. The van der Waals surface area contributed by atoms with Gasteiger partial charge in [-0.15, -0.1) is 0 Å². The Labute approximate surface area is 115 Å². The number of amides is 1. The number of carbonyl (C=O) groups is 2. The minimum Gasteiger partial charge on any atom is -0.481 e. The summed E-state index contributed by atoms with van der Waals surface area (Å²) < 4.78 is 26.1. The minimum absolute atomic E-state index is 0.112. The first-order valence-corrected chi connectivity index (χ1v) is 6.41. The quantitative estimate of drug-likeness (QED) is 0.917. The highest BCUT2D eigenvalue weighted by Crippen LogP contribution is 2.18. The molecule has 4 nitrogen and oxygen atoms in total. The lowest BCUT2D eigenvalue weighted by atomic mass is 9.97. The molecule has 0 bridgehead atoms. The van der Waals surface area contributed by atoms with E-state index in [9.17, 15) is 18.4 Å². The van der Waals surface area contributed by atoms with E-state index in [0.29, 0.717) is 18.4 Å². The zero-order chi connectivity index (χ0) is 14.7. The van der Waals surface area contributed by atoms with Crippen molar-refractivity contribution in [1.82, 2.24) is 4.90 Å². The fourth-order valence-electron chi connectivity index (χ4n) is 2.35. The van der Waals surface area contributed by atoms with Crippen LogP contribution in [0.3, 0.4) is 0 Å². The molecular formula is C14H15F2NO3. The molecule has 0 radical (unpaired) electrons. The van der Waals surface area contributed by atoms with E-state index in [1.54, 1.807) is 0 Å². The van der Waals surface area contributed by atoms with Crippen molar-refractivity contribution in [3.05, 3.63) is 35.4 Å². The van der Waals surface area contributed by atoms with Crippen molar-refractivity contribution < 1.29 is 23.5 Å². The Kier molecular flexibility index (Phi) is 4.32. The third kappa shape index (κ3) is 3.53. The van der Waals surface area contributed by atoms with Crippen LogP contribution in [-0.2, 0) is 16.0 Å². The third-order valence-corrected chi connectivity index (χ3v) is 3.44. The molecule has 1 fully saturated rings. The first kappa shape index (κ1) is 14.4. The van der Waals surface area contributed by atoms with Crippen molar-refractivity contribution in [3.8, 4) is 0 Å². The van der Waals surface area contributed by atoms with Crippen molar-refractivity contribution in [3.63, 3.8) is 0 Å². The summed E-state index contributed by atoms with van der Waals surface area (Å²) in [7, 11) is 0. The molecule has 1 heterocycles. The van der Waals surface area contributed by atoms with Crippen molar-refractivity contribution in [1.29, 1.82) is 0 Å². The Hall–Kier alpha value is -1.98. The summed E-state index contributed by atoms with van der Waals surface area (Å²) in [6, 6.07) is 3.22. The number of carboxylic acid groups (broad SMARTS) is 1.